The van der Waals surface area contributed by atoms with Crippen LogP contribution in [-0.4, -0.2) is 53.4 Å². The quantitative estimate of drug-likeness (QED) is 0.0622. The third kappa shape index (κ3) is 6.24. The first kappa shape index (κ1) is 31.4. The number of aliphatic hydroxyl groups is 1. The largest absolute Gasteiger partial charge is 0.507 e. The second-order valence-corrected chi connectivity index (χ2v) is 12.4. The van der Waals surface area contributed by atoms with Gasteiger partial charge in [0.25, 0.3) is 5.78 Å². The highest BCUT2D eigenvalue weighted by molar-refractivity contribution is 8.00. The van der Waals surface area contributed by atoms with Gasteiger partial charge in [-0.05, 0) is 60.9 Å². The summed E-state index contributed by atoms with van der Waals surface area (Å²) in [6, 6.07) is 15.3. The number of carbonyl (C=O) groups excluding carboxylic acids is 2. The van der Waals surface area contributed by atoms with Crippen LogP contribution >= 0.6 is 23.1 Å². The molecule has 3 heterocycles. The van der Waals surface area contributed by atoms with Crippen molar-refractivity contribution >= 4 is 45.7 Å². The van der Waals surface area contributed by atoms with Crippen molar-refractivity contribution in [2.75, 3.05) is 31.3 Å². The third-order valence-electron chi connectivity index (χ3n) is 7.22. The molecular weight excluding hydrogens is 634 g/mol. The molecule has 46 heavy (non-hydrogen) atoms. The van der Waals surface area contributed by atoms with Gasteiger partial charge in [0.1, 0.15) is 24.8 Å². The Balaban J connectivity index is 1.43. The van der Waals surface area contributed by atoms with Crippen LogP contribution in [-0.2, 0) is 15.3 Å². The molecular formula is C33H30FN3O7S2. The average molecular weight is 664 g/mol. The second-order valence-electron chi connectivity index (χ2n) is 10.2. The summed E-state index contributed by atoms with van der Waals surface area (Å²) in [6.45, 7) is 5.38. The van der Waals surface area contributed by atoms with Crippen molar-refractivity contribution in [2.45, 2.75) is 36.4 Å². The molecule has 0 saturated carbocycles. The molecule has 13 heteroatoms. The van der Waals surface area contributed by atoms with Crippen molar-refractivity contribution in [3.63, 3.8) is 0 Å². The van der Waals surface area contributed by atoms with Crippen molar-refractivity contribution in [3.8, 4) is 23.0 Å². The van der Waals surface area contributed by atoms with Crippen molar-refractivity contribution in [1.29, 1.82) is 0 Å². The van der Waals surface area contributed by atoms with Gasteiger partial charge in [-0.15, -0.1) is 10.2 Å². The van der Waals surface area contributed by atoms with E-state index in [0.29, 0.717) is 70.6 Å². The van der Waals surface area contributed by atoms with Crippen LogP contribution in [0.3, 0.4) is 0 Å². The Morgan fingerprint density at radius 1 is 1.02 bits per heavy atom. The van der Waals surface area contributed by atoms with E-state index in [1.165, 1.54) is 22.7 Å². The fraction of sp³-hybridized carbons (Fsp3) is 0.273. The van der Waals surface area contributed by atoms with E-state index in [1.54, 1.807) is 54.6 Å². The average Bonchev–Trinajstić information content (AvgIpc) is 3.64. The first-order valence-corrected chi connectivity index (χ1v) is 16.5. The molecule has 0 unspecified atom stereocenters. The van der Waals surface area contributed by atoms with Crippen LogP contribution in [0.25, 0.3) is 5.76 Å². The molecule has 4 aromatic rings. The highest BCUT2D eigenvalue weighted by Crippen LogP contribution is 2.46. The van der Waals surface area contributed by atoms with Gasteiger partial charge in [0.15, 0.2) is 27.3 Å². The van der Waals surface area contributed by atoms with Gasteiger partial charge >= 0.3 is 5.91 Å². The zero-order chi connectivity index (χ0) is 32.2. The maximum absolute atomic E-state index is 14.2. The molecule has 1 atom stereocenters. The van der Waals surface area contributed by atoms with E-state index in [0.717, 1.165) is 17.8 Å². The molecule has 1 fully saturated rings. The third-order valence-corrected chi connectivity index (χ3v) is 9.32. The lowest BCUT2D eigenvalue weighted by atomic mass is 9.95. The molecule has 1 amide bonds. The molecule has 1 saturated heterocycles. The Morgan fingerprint density at radius 3 is 2.61 bits per heavy atom. The van der Waals surface area contributed by atoms with Gasteiger partial charge < -0.3 is 24.1 Å². The topological polar surface area (TPSA) is 120 Å². The van der Waals surface area contributed by atoms with E-state index in [-0.39, 0.29) is 27.8 Å². The van der Waals surface area contributed by atoms with E-state index >= 15 is 0 Å². The Hall–Kier alpha value is -4.62. The number of anilines is 1. The van der Waals surface area contributed by atoms with Crippen molar-refractivity contribution in [1.82, 2.24) is 10.2 Å². The highest BCUT2D eigenvalue weighted by Gasteiger charge is 2.48. The fourth-order valence-electron chi connectivity index (χ4n) is 5.10. The first-order valence-electron chi connectivity index (χ1n) is 14.7. The number of halogens is 1. The van der Waals surface area contributed by atoms with Gasteiger partial charge in [-0.25, -0.2) is 4.39 Å². The number of fused-ring (bicyclic) bond motifs is 1. The van der Waals surface area contributed by atoms with Crippen LogP contribution in [0.15, 0.2) is 70.6 Å². The van der Waals surface area contributed by atoms with Crippen LogP contribution in [0.1, 0.15) is 43.0 Å². The van der Waals surface area contributed by atoms with E-state index in [4.69, 9.17) is 18.9 Å². The summed E-state index contributed by atoms with van der Waals surface area (Å²) >= 11 is 2.35. The molecule has 6 rings (SSSR count). The zero-order valence-electron chi connectivity index (χ0n) is 25.0. The Bertz CT molecular complexity index is 1810. The molecule has 0 aliphatic carbocycles. The lowest BCUT2D eigenvalue weighted by molar-refractivity contribution is -0.132. The second kappa shape index (κ2) is 13.8. The molecule has 2 aliphatic rings. The summed E-state index contributed by atoms with van der Waals surface area (Å²) in [4.78, 5) is 28.7. The van der Waals surface area contributed by atoms with E-state index < -0.39 is 17.7 Å². The summed E-state index contributed by atoms with van der Waals surface area (Å²) in [6.07, 6.45) is 0.789. The van der Waals surface area contributed by atoms with E-state index in [2.05, 4.69) is 10.2 Å². The molecule has 1 N–H and O–H groups in total. The molecule has 2 aliphatic heterocycles. The molecule has 0 radical (unpaired) electrons. The van der Waals surface area contributed by atoms with Gasteiger partial charge in [-0.1, -0.05) is 54.3 Å². The van der Waals surface area contributed by atoms with Gasteiger partial charge in [0.2, 0.25) is 5.13 Å². The van der Waals surface area contributed by atoms with Gasteiger partial charge in [0, 0.05) is 11.3 Å². The van der Waals surface area contributed by atoms with Crippen LogP contribution in [0.2, 0.25) is 0 Å². The number of aliphatic hydroxyl groups excluding tert-OH is 1. The van der Waals surface area contributed by atoms with Gasteiger partial charge in [-0.2, -0.15) is 0 Å². The minimum absolute atomic E-state index is 0.137. The SMILES string of the molecule is CCCOc1ccc([C@H]2/C(=C(\O)c3ccc4c(c3)OCCO4)C(=O)C(=O)N2c2nnc(SCc3ccccc3F)s2)cc1OCC. The van der Waals surface area contributed by atoms with Gasteiger partial charge in [0.05, 0.1) is 24.8 Å². The number of Topliss-reactive ketones (excluding diaryl/α,β-unsaturated/α-hetero) is 1. The normalized spacial score (nSPS) is 16.9. The lowest BCUT2D eigenvalue weighted by Gasteiger charge is -2.24. The first-order chi connectivity index (χ1) is 22.4. The summed E-state index contributed by atoms with van der Waals surface area (Å²) in [5.74, 6) is -0.323. The molecule has 3 aromatic carbocycles. The number of aromatic nitrogens is 2. The van der Waals surface area contributed by atoms with Crippen molar-refractivity contribution in [3.05, 3.63) is 88.7 Å². The Morgan fingerprint density at radius 2 is 1.83 bits per heavy atom. The number of benzene rings is 3. The van der Waals surface area contributed by atoms with Gasteiger partial charge in [-0.3, -0.25) is 14.5 Å². The molecule has 1 aromatic heterocycles. The number of thioether (sulfide) groups is 1. The molecule has 0 spiro atoms. The lowest BCUT2D eigenvalue weighted by Crippen LogP contribution is -2.29. The maximum atomic E-state index is 14.2. The number of ether oxygens (including phenoxy) is 4. The summed E-state index contributed by atoms with van der Waals surface area (Å²) in [5.41, 5.74) is 1.13. The number of hydrogen-bond donors (Lipinski definition) is 1. The zero-order valence-corrected chi connectivity index (χ0v) is 26.7. The molecule has 10 nitrogen and oxygen atoms in total. The van der Waals surface area contributed by atoms with E-state index in [9.17, 15) is 19.1 Å². The van der Waals surface area contributed by atoms with Crippen LogP contribution < -0.4 is 23.8 Å². The highest BCUT2D eigenvalue weighted by atomic mass is 32.2. The molecule has 238 valence electrons. The number of amides is 1. The van der Waals surface area contributed by atoms with Crippen molar-refractivity contribution < 1.29 is 38.0 Å². The minimum Gasteiger partial charge on any atom is -0.507 e. The fourth-order valence-corrected chi connectivity index (χ4v) is 6.95. The number of hydrogen-bond acceptors (Lipinski definition) is 11. The summed E-state index contributed by atoms with van der Waals surface area (Å²) < 4.78 is 37.7. The molecule has 0 bridgehead atoms. The predicted octanol–water partition coefficient (Wildman–Crippen LogP) is 6.55. The smallest absolute Gasteiger partial charge is 0.301 e. The number of nitrogens with zero attached hydrogens (tertiary/aromatic N) is 3. The monoisotopic (exact) mass is 663 g/mol. The Kier molecular flexibility index (Phi) is 9.41. The number of rotatable bonds is 11. The van der Waals surface area contributed by atoms with E-state index in [1.807, 2.05) is 13.8 Å². The minimum atomic E-state index is -1.08. The van der Waals surface area contributed by atoms with Crippen LogP contribution in [0.4, 0.5) is 9.52 Å². The Labute approximate surface area is 272 Å². The van der Waals surface area contributed by atoms with Crippen LogP contribution in [0.5, 0.6) is 23.0 Å². The number of ketones is 1. The van der Waals surface area contributed by atoms with Crippen molar-refractivity contribution in [2.24, 2.45) is 0 Å². The maximum Gasteiger partial charge on any atom is 0.301 e. The van der Waals surface area contributed by atoms with Crippen LogP contribution in [0, 0.1) is 5.82 Å². The predicted molar refractivity (Wildman–Crippen MR) is 171 cm³/mol. The summed E-state index contributed by atoms with van der Waals surface area (Å²) in [7, 11) is 0. The summed E-state index contributed by atoms with van der Waals surface area (Å²) in [5, 5.41) is 20.3. The standard InChI is InChI=1S/C33H30FN3O7S2/c1-3-13-42-23-11-9-19(16-25(23)41-4-2)28-27(29(38)20-10-12-24-26(17-20)44-15-14-43-24)30(39)31(40)37(28)32-35-36-33(46-32)45-18-21-7-5-6-8-22(21)34/h5-12,16-17,28,38H,3-4,13-15,18H2,1-2H3/b29-27+/t28-/m0/s1. The number of carbonyl (C=O) groups is 2.